The van der Waals surface area contributed by atoms with E-state index in [0.717, 1.165) is 21.5 Å². The van der Waals surface area contributed by atoms with Gasteiger partial charge in [0.1, 0.15) is 0 Å². The molecule has 0 aliphatic carbocycles. The summed E-state index contributed by atoms with van der Waals surface area (Å²) in [5.74, 6) is 0. The molecule has 0 fully saturated rings. The van der Waals surface area contributed by atoms with Crippen molar-refractivity contribution in [2.75, 3.05) is 6.54 Å². The molecule has 5 heteroatoms. The highest BCUT2D eigenvalue weighted by Gasteiger charge is 2.08. The Hall–Kier alpha value is -0.650. The number of nitrogens with one attached hydrogen (secondary N) is 1. The van der Waals surface area contributed by atoms with E-state index in [1.807, 2.05) is 12.3 Å². The van der Waals surface area contributed by atoms with Crippen molar-refractivity contribution in [2.45, 2.75) is 6.42 Å². The highest BCUT2D eigenvalue weighted by Crippen LogP contribution is 2.32. The second-order valence-electron chi connectivity index (χ2n) is 2.90. The lowest BCUT2D eigenvalue weighted by Crippen LogP contribution is -2.03. The Morgan fingerprint density at radius 1 is 1.50 bits per heavy atom. The van der Waals surface area contributed by atoms with Gasteiger partial charge in [-0.2, -0.15) is 5.10 Å². The molecule has 0 bridgehead atoms. The van der Waals surface area contributed by atoms with Gasteiger partial charge in [-0.05, 0) is 34.6 Å². The summed E-state index contributed by atoms with van der Waals surface area (Å²) >= 11 is 5.15. The van der Waals surface area contributed by atoms with Gasteiger partial charge in [0.2, 0.25) is 0 Å². The molecule has 2 aromatic heterocycles. The minimum Gasteiger partial charge on any atom is -0.330 e. The second-order valence-corrected chi connectivity index (χ2v) is 5.37. The molecule has 14 heavy (non-hydrogen) atoms. The minimum absolute atomic E-state index is 0.641. The van der Waals surface area contributed by atoms with Crippen LogP contribution in [0.5, 0.6) is 0 Å². The molecular weight excluding hydrogens is 262 g/mol. The van der Waals surface area contributed by atoms with Crippen molar-refractivity contribution in [2.24, 2.45) is 5.73 Å². The Balaban J connectivity index is 2.36. The molecule has 0 aliphatic rings. The summed E-state index contributed by atoms with van der Waals surface area (Å²) in [6, 6.07) is 4.12. The highest BCUT2D eigenvalue weighted by atomic mass is 79.9. The van der Waals surface area contributed by atoms with Crippen molar-refractivity contribution in [1.82, 2.24) is 10.2 Å². The maximum absolute atomic E-state index is 5.52. The molecule has 0 radical (unpaired) electrons. The number of thiophene rings is 1. The standard InChI is InChI=1S/C9H10BrN3S/c10-9-2-1-8(14-9)6-5-12-13-7(6)3-4-11/h1-2,5H,3-4,11H2,(H,12,13). The van der Waals surface area contributed by atoms with Gasteiger partial charge in [-0.1, -0.05) is 0 Å². The summed E-state index contributed by atoms with van der Waals surface area (Å²) in [5, 5.41) is 7.01. The smallest absolute Gasteiger partial charge is 0.0705 e. The van der Waals surface area contributed by atoms with E-state index in [1.54, 1.807) is 11.3 Å². The molecule has 2 rings (SSSR count). The fourth-order valence-corrected chi connectivity index (χ4v) is 2.74. The van der Waals surface area contributed by atoms with Gasteiger partial charge in [-0.15, -0.1) is 11.3 Å². The van der Waals surface area contributed by atoms with Crippen LogP contribution in [0.2, 0.25) is 0 Å². The highest BCUT2D eigenvalue weighted by molar-refractivity contribution is 9.11. The van der Waals surface area contributed by atoms with Crippen LogP contribution in [-0.2, 0) is 6.42 Å². The molecule has 74 valence electrons. The molecule has 0 unspecified atom stereocenters. The molecular formula is C9H10BrN3S. The largest absolute Gasteiger partial charge is 0.330 e. The number of H-pyrrole nitrogens is 1. The molecule has 0 amide bonds. The molecule has 2 heterocycles. The van der Waals surface area contributed by atoms with Crippen LogP contribution < -0.4 is 5.73 Å². The van der Waals surface area contributed by atoms with Crippen molar-refractivity contribution in [1.29, 1.82) is 0 Å². The molecule has 0 saturated carbocycles. The van der Waals surface area contributed by atoms with E-state index in [2.05, 4.69) is 32.2 Å². The lowest BCUT2D eigenvalue weighted by molar-refractivity contribution is 0.903. The molecule has 3 nitrogen and oxygen atoms in total. The van der Waals surface area contributed by atoms with E-state index < -0.39 is 0 Å². The lowest BCUT2D eigenvalue weighted by Gasteiger charge is -1.97. The van der Waals surface area contributed by atoms with E-state index in [4.69, 9.17) is 5.73 Å². The Morgan fingerprint density at radius 3 is 3.00 bits per heavy atom. The van der Waals surface area contributed by atoms with E-state index in [0.29, 0.717) is 6.54 Å². The minimum atomic E-state index is 0.641. The summed E-state index contributed by atoms with van der Waals surface area (Å²) in [7, 11) is 0. The van der Waals surface area contributed by atoms with E-state index in [-0.39, 0.29) is 0 Å². The second kappa shape index (κ2) is 4.25. The number of nitrogens with two attached hydrogens (primary N) is 1. The predicted octanol–water partition coefficient (Wildman–Crippen LogP) is 2.40. The van der Waals surface area contributed by atoms with Crippen molar-refractivity contribution < 1.29 is 0 Å². The molecule has 0 atom stereocenters. The monoisotopic (exact) mass is 271 g/mol. The van der Waals surface area contributed by atoms with Gasteiger partial charge in [-0.3, -0.25) is 5.10 Å². The quantitative estimate of drug-likeness (QED) is 0.901. The first kappa shape index (κ1) is 9.89. The molecule has 0 spiro atoms. The van der Waals surface area contributed by atoms with Crippen LogP contribution >= 0.6 is 27.3 Å². The maximum Gasteiger partial charge on any atom is 0.0705 e. The maximum atomic E-state index is 5.52. The van der Waals surface area contributed by atoms with Gasteiger partial charge >= 0.3 is 0 Å². The van der Waals surface area contributed by atoms with Gasteiger partial charge in [0.05, 0.1) is 9.98 Å². The third-order valence-corrected chi connectivity index (χ3v) is 3.61. The normalized spacial score (nSPS) is 10.7. The summed E-state index contributed by atoms with van der Waals surface area (Å²) < 4.78 is 1.13. The van der Waals surface area contributed by atoms with Crippen LogP contribution in [0.1, 0.15) is 5.69 Å². The Labute approximate surface area is 94.5 Å². The van der Waals surface area contributed by atoms with Gasteiger partial charge in [0.15, 0.2) is 0 Å². The molecule has 0 aromatic carbocycles. The number of halogens is 1. The molecule has 0 aliphatic heterocycles. The zero-order valence-electron chi connectivity index (χ0n) is 7.46. The number of rotatable bonds is 3. The zero-order chi connectivity index (χ0) is 9.97. The van der Waals surface area contributed by atoms with Gasteiger partial charge in [-0.25, -0.2) is 0 Å². The Kier molecular flexibility index (Phi) is 3.00. The van der Waals surface area contributed by atoms with E-state index in [9.17, 15) is 0 Å². The van der Waals surface area contributed by atoms with Gasteiger partial charge in [0.25, 0.3) is 0 Å². The van der Waals surface area contributed by atoms with Crippen LogP contribution in [0.25, 0.3) is 10.4 Å². The zero-order valence-corrected chi connectivity index (χ0v) is 9.86. The summed E-state index contributed by atoms with van der Waals surface area (Å²) in [6.45, 7) is 0.641. The SMILES string of the molecule is NCCc1[nH]ncc1-c1ccc(Br)s1. The molecule has 2 aromatic rings. The third kappa shape index (κ3) is 1.89. The van der Waals surface area contributed by atoms with Crippen LogP contribution in [0, 0.1) is 0 Å². The number of nitrogens with zero attached hydrogens (tertiary/aromatic N) is 1. The fraction of sp³-hybridized carbons (Fsp3) is 0.222. The summed E-state index contributed by atoms with van der Waals surface area (Å²) in [5.41, 5.74) is 7.79. The van der Waals surface area contributed by atoms with Crippen molar-refractivity contribution in [3.8, 4) is 10.4 Å². The Morgan fingerprint density at radius 2 is 2.36 bits per heavy atom. The van der Waals surface area contributed by atoms with Gasteiger partial charge < -0.3 is 5.73 Å². The van der Waals surface area contributed by atoms with Crippen molar-refractivity contribution in [3.05, 3.63) is 27.8 Å². The van der Waals surface area contributed by atoms with E-state index >= 15 is 0 Å². The van der Waals surface area contributed by atoms with Gasteiger partial charge in [0, 0.05) is 22.6 Å². The topological polar surface area (TPSA) is 54.7 Å². The Bertz CT molecular complexity index is 421. The first-order valence-corrected chi connectivity index (χ1v) is 5.90. The van der Waals surface area contributed by atoms with E-state index in [1.165, 1.54) is 4.88 Å². The fourth-order valence-electron chi connectivity index (χ4n) is 1.32. The van der Waals surface area contributed by atoms with Crippen LogP contribution in [-0.4, -0.2) is 16.7 Å². The number of hydrogen-bond donors (Lipinski definition) is 2. The van der Waals surface area contributed by atoms with Crippen molar-refractivity contribution in [3.63, 3.8) is 0 Å². The van der Waals surface area contributed by atoms with Crippen LogP contribution in [0.3, 0.4) is 0 Å². The third-order valence-electron chi connectivity index (χ3n) is 1.95. The number of aromatic nitrogens is 2. The van der Waals surface area contributed by atoms with Crippen LogP contribution in [0.4, 0.5) is 0 Å². The average molecular weight is 272 g/mol. The lowest BCUT2D eigenvalue weighted by atomic mass is 10.2. The predicted molar refractivity (Wildman–Crippen MR) is 62.4 cm³/mol. The molecule has 3 N–H and O–H groups in total. The average Bonchev–Trinajstić information content (AvgIpc) is 2.74. The van der Waals surface area contributed by atoms with Crippen LogP contribution in [0.15, 0.2) is 22.1 Å². The number of hydrogen-bond acceptors (Lipinski definition) is 3. The first-order valence-electron chi connectivity index (χ1n) is 4.29. The van der Waals surface area contributed by atoms with Crippen molar-refractivity contribution >= 4 is 27.3 Å². The number of aromatic amines is 1. The summed E-state index contributed by atoms with van der Waals surface area (Å²) in [6.07, 6.45) is 2.69. The molecule has 0 saturated heterocycles. The summed E-state index contributed by atoms with van der Waals surface area (Å²) in [4.78, 5) is 1.22. The first-order chi connectivity index (χ1) is 6.81.